The van der Waals surface area contributed by atoms with Crippen molar-refractivity contribution in [2.45, 2.75) is 13.3 Å². The lowest BCUT2D eigenvalue weighted by molar-refractivity contribution is 0.100. The second-order valence-electron chi connectivity index (χ2n) is 5.47. The lowest BCUT2D eigenvalue weighted by Gasteiger charge is -2.07. The van der Waals surface area contributed by atoms with Crippen molar-refractivity contribution in [1.82, 2.24) is 14.8 Å². The lowest BCUT2D eigenvalue weighted by atomic mass is 10.1. The number of carbonyl (C=O) groups excluding carboxylic acids is 2. The molecule has 0 radical (unpaired) electrons. The van der Waals surface area contributed by atoms with Crippen molar-refractivity contribution in [2.75, 3.05) is 5.32 Å². The van der Waals surface area contributed by atoms with E-state index >= 15 is 0 Å². The van der Waals surface area contributed by atoms with Crippen LogP contribution in [-0.4, -0.2) is 26.6 Å². The average molecular weight is 400 g/mol. The summed E-state index contributed by atoms with van der Waals surface area (Å²) in [6.45, 7) is 1.58. The summed E-state index contributed by atoms with van der Waals surface area (Å²) in [7, 11) is 1.59. The highest BCUT2D eigenvalue weighted by molar-refractivity contribution is 7.21. The number of alkyl halides is 2. The molecule has 3 N–H and O–H groups in total. The van der Waals surface area contributed by atoms with Gasteiger partial charge in [-0.3, -0.25) is 14.3 Å². The van der Waals surface area contributed by atoms with Crippen LogP contribution < -0.4 is 11.1 Å². The van der Waals surface area contributed by atoms with Crippen molar-refractivity contribution in [3.05, 3.63) is 39.1 Å². The third-order valence-corrected chi connectivity index (χ3v) is 4.94. The number of nitrogens with two attached hydrogens (primary N) is 1. The van der Waals surface area contributed by atoms with Gasteiger partial charge in [0.1, 0.15) is 15.4 Å². The molecule has 0 aliphatic rings. The van der Waals surface area contributed by atoms with Crippen molar-refractivity contribution in [3.8, 4) is 0 Å². The van der Waals surface area contributed by atoms with Crippen LogP contribution in [0.1, 0.15) is 37.8 Å². The molecule has 0 aliphatic carbocycles. The number of pyridine rings is 1. The second kappa shape index (κ2) is 6.61. The van der Waals surface area contributed by atoms with Crippen molar-refractivity contribution in [3.63, 3.8) is 0 Å². The first-order chi connectivity index (χ1) is 12.2. The molecule has 3 rings (SSSR count). The Kier molecular flexibility index (Phi) is 4.63. The fourth-order valence-electron chi connectivity index (χ4n) is 2.50. The zero-order chi connectivity index (χ0) is 19.2. The number of fused-ring (bicyclic) bond motifs is 1. The molecule has 3 aromatic rings. The molecule has 0 aromatic carbocycles. The van der Waals surface area contributed by atoms with Gasteiger partial charge in [0, 0.05) is 18.6 Å². The van der Waals surface area contributed by atoms with E-state index in [2.05, 4.69) is 15.4 Å². The van der Waals surface area contributed by atoms with Crippen molar-refractivity contribution >= 4 is 50.7 Å². The number of thiophene rings is 1. The van der Waals surface area contributed by atoms with Crippen LogP contribution in [0.5, 0.6) is 0 Å². The van der Waals surface area contributed by atoms with Crippen molar-refractivity contribution in [2.24, 2.45) is 12.8 Å². The largest absolute Gasteiger partial charge is 0.365 e. The number of amides is 2. The van der Waals surface area contributed by atoms with E-state index in [1.165, 1.54) is 16.9 Å². The Morgan fingerprint density at radius 1 is 1.42 bits per heavy atom. The minimum atomic E-state index is -2.76. The molecule has 0 fully saturated rings. The third kappa shape index (κ3) is 3.13. The van der Waals surface area contributed by atoms with E-state index in [1.807, 2.05) is 0 Å². The van der Waals surface area contributed by atoms with Gasteiger partial charge < -0.3 is 11.1 Å². The number of hydrogen-bond acceptors (Lipinski definition) is 5. The first-order valence-electron chi connectivity index (χ1n) is 7.21. The molecule has 0 aliphatic heterocycles. The van der Waals surface area contributed by atoms with Crippen molar-refractivity contribution in [1.29, 1.82) is 0 Å². The third-order valence-electron chi connectivity index (χ3n) is 3.56. The summed E-state index contributed by atoms with van der Waals surface area (Å²) in [5, 5.41) is 7.00. The van der Waals surface area contributed by atoms with Gasteiger partial charge in [0.25, 0.3) is 18.2 Å². The van der Waals surface area contributed by atoms with Gasteiger partial charge in [-0.15, -0.1) is 11.3 Å². The summed E-state index contributed by atoms with van der Waals surface area (Å²) < 4.78 is 27.3. The van der Waals surface area contributed by atoms with Gasteiger partial charge >= 0.3 is 0 Å². The molecule has 0 saturated carbocycles. The highest BCUT2D eigenvalue weighted by Gasteiger charge is 2.24. The van der Waals surface area contributed by atoms with E-state index in [0.717, 1.165) is 11.3 Å². The van der Waals surface area contributed by atoms with Gasteiger partial charge in [-0.2, -0.15) is 5.10 Å². The van der Waals surface area contributed by atoms with E-state index in [1.54, 1.807) is 14.0 Å². The van der Waals surface area contributed by atoms with E-state index in [9.17, 15) is 18.4 Å². The monoisotopic (exact) mass is 399 g/mol. The Labute approximate surface area is 154 Å². The number of aryl methyl sites for hydroxylation is 2. The number of aromatic nitrogens is 3. The normalized spacial score (nSPS) is 11.3. The summed E-state index contributed by atoms with van der Waals surface area (Å²) in [6.07, 6.45) is -1.32. The number of primary amides is 1. The molecular weight excluding hydrogens is 388 g/mol. The van der Waals surface area contributed by atoms with Crippen LogP contribution in [0.2, 0.25) is 5.02 Å². The first-order valence-corrected chi connectivity index (χ1v) is 8.41. The molecule has 136 valence electrons. The van der Waals surface area contributed by atoms with E-state index in [-0.39, 0.29) is 26.1 Å². The predicted molar refractivity (Wildman–Crippen MR) is 94.0 cm³/mol. The van der Waals surface area contributed by atoms with Crippen molar-refractivity contribution < 1.29 is 18.4 Å². The smallest absolute Gasteiger partial charge is 0.280 e. The maximum atomic E-state index is 13.0. The van der Waals surface area contributed by atoms with Gasteiger partial charge in [-0.25, -0.2) is 13.8 Å². The molecule has 0 bridgehead atoms. The fraction of sp³-hybridized carbons (Fsp3) is 0.200. The molecule has 11 heteroatoms. The van der Waals surface area contributed by atoms with Crippen LogP contribution >= 0.6 is 22.9 Å². The SMILES string of the molecule is Cc1cc(C(F)F)nc2sc(C(N)=O)c(NC(=O)c3nn(C)cc3Cl)c12. The Morgan fingerprint density at radius 3 is 2.65 bits per heavy atom. The number of hydrogen-bond donors (Lipinski definition) is 2. The van der Waals surface area contributed by atoms with E-state index < -0.39 is 23.9 Å². The number of halogens is 3. The summed E-state index contributed by atoms with van der Waals surface area (Å²) in [6, 6.07) is 1.20. The molecule has 7 nitrogen and oxygen atoms in total. The topological polar surface area (TPSA) is 103 Å². The Bertz CT molecular complexity index is 1050. The van der Waals surface area contributed by atoms with Crippen LogP contribution in [-0.2, 0) is 7.05 Å². The van der Waals surface area contributed by atoms with Crippen LogP contribution in [0.3, 0.4) is 0 Å². The number of rotatable bonds is 4. The molecule has 3 aromatic heterocycles. The summed E-state index contributed by atoms with van der Waals surface area (Å²) in [5.74, 6) is -1.47. The van der Waals surface area contributed by atoms with Crippen LogP contribution in [0.25, 0.3) is 10.2 Å². The first kappa shape index (κ1) is 18.2. The van der Waals surface area contributed by atoms with Gasteiger partial charge in [-0.05, 0) is 18.6 Å². The number of carbonyl (C=O) groups is 2. The number of anilines is 1. The minimum Gasteiger partial charge on any atom is -0.365 e. The van der Waals surface area contributed by atoms with Gasteiger partial charge in [0.05, 0.1) is 10.7 Å². The maximum Gasteiger partial charge on any atom is 0.280 e. The molecule has 2 amide bonds. The molecule has 0 spiro atoms. The zero-order valence-corrected chi connectivity index (χ0v) is 15.1. The predicted octanol–water partition coefficient (Wildman–Crippen LogP) is 3.28. The quantitative estimate of drug-likeness (QED) is 0.702. The molecule has 0 unspecified atom stereocenters. The zero-order valence-electron chi connectivity index (χ0n) is 13.5. The van der Waals surface area contributed by atoms with Crippen LogP contribution in [0.15, 0.2) is 12.3 Å². The molecule has 0 atom stereocenters. The van der Waals surface area contributed by atoms with Crippen LogP contribution in [0, 0.1) is 6.92 Å². The van der Waals surface area contributed by atoms with Gasteiger partial charge in [0.15, 0.2) is 5.69 Å². The summed E-state index contributed by atoms with van der Waals surface area (Å²) in [5.41, 5.74) is 5.45. The highest BCUT2D eigenvalue weighted by Crippen LogP contribution is 2.38. The lowest BCUT2D eigenvalue weighted by Crippen LogP contribution is -2.17. The molecule has 26 heavy (non-hydrogen) atoms. The van der Waals surface area contributed by atoms with Crippen LogP contribution in [0.4, 0.5) is 14.5 Å². The summed E-state index contributed by atoms with van der Waals surface area (Å²) in [4.78, 5) is 28.3. The fourth-order valence-corrected chi connectivity index (χ4v) is 3.83. The number of nitrogens with zero attached hydrogens (tertiary/aromatic N) is 3. The minimum absolute atomic E-state index is 0.00224. The average Bonchev–Trinajstić information content (AvgIpc) is 3.07. The summed E-state index contributed by atoms with van der Waals surface area (Å²) >= 11 is 6.79. The highest BCUT2D eigenvalue weighted by atomic mass is 35.5. The Hall–Kier alpha value is -2.59. The maximum absolute atomic E-state index is 13.0. The van der Waals surface area contributed by atoms with E-state index in [0.29, 0.717) is 10.9 Å². The number of nitrogens with one attached hydrogen (secondary N) is 1. The van der Waals surface area contributed by atoms with Gasteiger partial charge in [0.2, 0.25) is 0 Å². The second-order valence-corrected chi connectivity index (χ2v) is 6.88. The van der Waals surface area contributed by atoms with E-state index in [4.69, 9.17) is 17.3 Å². The Morgan fingerprint density at radius 2 is 2.12 bits per heavy atom. The standard InChI is InChI=1S/C15H12ClF2N5O2S/c1-5-3-7(12(17)18)20-15-8(5)10(11(26-15)13(19)24)21-14(25)9-6(16)4-23(2)22-9/h3-4,12H,1-2H3,(H2,19,24)(H,21,25). The van der Waals surface area contributed by atoms with Gasteiger partial charge in [-0.1, -0.05) is 11.6 Å². The Balaban J connectivity index is 2.14. The molecule has 3 heterocycles. The molecule has 0 saturated heterocycles. The molecular formula is C15H12ClF2N5O2S.